The number of nitrogens with zero attached hydrogens (tertiary/aromatic N) is 2. The van der Waals surface area contributed by atoms with Gasteiger partial charge in [0.15, 0.2) is 5.76 Å². The monoisotopic (exact) mass is 252 g/mol. The van der Waals surface area contributed by atoms with Crippen LogP contribution in [0.2, 0.25) is 5.15 Å². The van der Waals surface area contributed by atoms with E-state index >= 15 is 0 Å². The lowest BCUT2D eigenvalue weighted by Gasteiger charge is -2.00. The number of furan rings is 1. The third kappa shape index (κ3) is 2.80. The number of anilines is 1. The minimum Gasteiger partial charge on any atom is -0.455 e. The van der Waals surface area contributed by atoms with E-state index in [4.69, 9.17) is 21.8 Å². The number of hydrogen-bond acceptors (Lipinski definition) is 5. The Morgan fingerprint density at radius 1 is 1.47 bits per heavy atom. The summed E-state index contributed by atoms with van der Waals surface area (Å²) in [5.74, 6) is 0.344. The second-order valence-electron chi connectivity index (χ2n) is 3.13. The minimum atomic E-state index is -0.452. The van der Waals surface area contributed by atoms with Crippen LogP contribution in [0, 0.1) is 0 Å². The van der Waals surface area contributed by atoms with Crippen molar-refractivity contribution in [3.8, 4) is 0 Å². The van der Waals surface area contributed by atoms with Crippen LogP contribution < -0.4 is 11.1 Å². The van der Waals surface area contributed by atoms with Crippen LogP contribution in [0.15, 0.2) is 28.8 Å². The standard InChI is InChI=1S/C10H9ClN4O2/c11-8-3-4-13-10(14-8)15-9(16)7-2-1-6(5-12)17-7/h1-4H,5,12H2,(H,13,14,15,16). The molecule has 2 rings (SSSR count). The summed E-state index contributed by atoms with van der Waals surface area (Å²) in [6.07, 6.45) is 1.44. The first-order valence-corrected chi connectivity index (χ1v) is 5.15. The molecule has 0 spiro atoms. The minimum absolute atomic E-state index is 0.119. The molecule has 0 aliphatic heterocycles. The van der Waals surface area contributed by atoms with E-state index < -0.39 is 5.91 Å². The fraction of sp³-hybridized carbons (Fsp3) is 0.100. The SMILES string of the molecule is NCc1ccc(C(=O)Nc2nccc(Cl)n2)o1. The molecule has 7 heteroatoms. The Bertz CT molecular complexity index is 541. The predicted octanol–water partition coefficient (Wildman–Crippen LogP) is 1.43. The lowest BCUT2D eigenvalue weighted by Crippen LogP contribution is -2.13. The Morgan fingerprint density at radius 3 is 2.94 bits per heavy atom. The van der Waals surface area contributed by atoms with Gasteiger partial charge in [-0.2, -0.15) is 0 Å². The molecule has 88 valence electrons. The van der Waals surface area contributed by atoms with Crippen molar-refractivity contribution in [2.75, 3.05) is 5.32 Å². The van der Waals surface area contributed by atoms with Gasteiger partial charge in [0.2, 0.25) is 5.95 Å². The van der Waals surface area contributed by atoms with Gasteiger partial charge in [0.25, 0.3) is 5.91 Å². The lowest BCUT2D eigenvalue weighted by atomic mass is 10.4. The molecule has 0 saturated carbocycles. The molecule has 3 N–H and O–H groups in total. The summed E-state index contributed by atoms with van der Waals surface area (Å²) in [7, 11) is 0. The zero-order chi connectivity index (χ0) is 12.3. The molecule has 0 atom stereocenters. The van der Waals surface area contributed by atoms with Crippen LogP contribution >= 0.6 is 11.6 Å². The van der Waals surface area contributed by atoms with Crippen LogP contribution in [0.1, 0.15) is 16.3 Å². The van der Waals surface area contributed by atoms with Gasteiger partial charge in [-0.15, -0.1) is 0 Å². The maximum Gasteiger partial charge on any atom is 0.293 e. The molecular formula is C10H9ClN4O2. The van der Waals surface area contributed by atoms with E-state index in [9.17, 15) is 4.79 Å². The second-order valence-corrected chi connectivity index (χ2v) is 3.51. The summed E-state index contributed by atoms with van der Waals surface area (Å²) in [4.78, 5) is 19.3. The third-order valence-corrected chi connectivity index (χ3v) is 2.14. The number of carbonyl (C=O) groups excluding carboxylic acids is 1. The molecule has 2 aromatic heterocycles. The summed E-state index contributed by atoms with van der Waals surface area (Å²) in [5.41, 5.74) is 5.37. The largest absolute Gasteiger partial charge is 0.455 e. The molecule has 0 radical (unpaired) electrons. The Balaban J connectivity index is 2.11. The average molecular weight is 253 g/mol. The first kappa shape index (κ1) is 11.6. The smallest absolute Gasteiger partial charge is 0.293 e. The van der Waals surface area contributed by atoms with Gasteiger partial charge in [-0.25, -0.2) is 9.97 Å². The van der Waals surface area contributed by atoms with Gasteiger partial charge in [-0.05, 0) is 18.2 Å². The van der Waals surface area contributed by atoms with E-state index in [1.165, 1.54) is 18.3 Å². The second kappa shape index (κ2) is 4.94. The van der Waals surface area contributed by atoms with Crippen molar-refractivity contribution in [2.24, 2.45) is 5.73 Å². The number of nitrogens with one attached hydrogen (secondary N) is 1. The highest BCUT2D eigenvalue weighted by Crippen LogP contribution is 2.10. The van der Waals surface area contributed by atoms with Crippen molar-refractivity contribution in [3.63, 3.8) is 0 Å². The van der Waals surface area contributed by atoms with Crippen molar-refractivity contribution >= 4 is 23.5 Å². The Labute approximate surface area is 102 Å². The summed E-state index contributed by atoms with van der Waals surface area (Å²) in [6.45, 7) is 0.237. The van der Waals surface area contributed by atoms with Crippen LogP contribution in [-0.4, -0.2) is 15.9 Å². The quantitative estimate of drug-likeness (QED) is 0.806. The number of amides is 1. The molecule has 0 aliphatic carbocycles. The summed E-state index contributed by atoms with van der Waals surface area (Å²) < 4.78 is 5.17. The van der Waals surface area contributed by atoms with Gasteiger partial charge in [-0.1, -0.05) is 11.6 Å². The number of halogens is 1. The first-order chi connectivity index (χ1) is 8.19. The summed E-state index contributed by atoms with van der Waals surface area (Å²) in [6, 6.07) is 4.67. The topological polar surface area (TPSA) is 94.0 Å². The Hall–Kier alpha value is -1.92. The molecule has 17 heavy (non-hydrogen) atoms. The molecule has 0 bridgehead atoms. The highest BCUT2D eigenvalue weighted by atomic mass is 35.5. The van der Waals surface area contributed by atoms with Crippen LogP contribution in [0.25, 0.3) is 0 Å². The van der Waals surface area contributed by atoms with Crippen molar-refractivity contribution in [1.82, 2.24) is 9.97 Å². The van der Waals surface area contributed by atoms with E-state index in [2.05, 4.69) is 15.3 Å². The summed E-state index contributed by atoms with van der Waals surface area (Å²) >= 11 is 5.66. The van der Waals surface area contributed by atoms with Gasteiger partial charge in [0.05, 0.1) is 6.54 Å². The van der Waals surface area contributed by atoms with Gasteiger partial charge >= 0.3 is 0 Å². The van der Waals surface area contributed by atoms with E-state index in [1.54, 1.807) is 6.07 Å². The fourth-order valence-electron chi connectivity index (χ4n) is 1.17. The lowest BCUT2D eigenvalue weighted by molar-refractivity contribution is 0.0994. The Morgan fingerprint density at radius 2 is 2.29 bits per heavy atom. The summed E-state index contributed by atoms with van der Waals surface area (Å²) in [5, 5.41) is 2.70. The number of aromatic nitrogens is 2. The normalized spacial score (nSPS) is 10.2. The molecule has 0 unspecified atom stereocenters. The van der Waals surface area contributed by atoms with Crippen LogP contribution in [-0.2, 0) is 6.54 Å². The van der Waals surface area contributed by atoms with Crippen molar-refractivity contribution in [1.29, 1.82) is 0 Å². The molecule has 0 aromatic carbocycles. The van der Waals surface area contributed by atoms with E-state index in [0.717, 1.165) is 0 Å². The van der Waals surface area contributed by atoms with Crippen LogP contribution in [0.3, 0.4) is 0 Å². The van der Waals surface area contributed by atoms with E-state index in [-0.39, 0.29) is 23.4 Å². The molecule has 0 aliphatic rings. The van der Waals surface area contributed by atoms with Gasteiger partial charge in [-0.3, -0.25) is 10.1 Å². The molecule has 2 heterocycles. The molecular weight excluding hydrogens is 244 g/mol. The Kier molecular flexibility index (Phi) is 3.36. The van der Waals surface area contributed by atoms with Crippen LogP contribution in [0.5, 0.6) is 0 Å². The molecule has 2 aromatic rings. The molecule has 6 nitrogen and oxygen atoms in total. The molecule has 1 amide bonds. The van der Waals surface area contributed by atoms with E-state index in [0.29, 0.717) is 5.76 Å². The maximum atomic E-state index is 11.7. The number of carbonyl (C=O) groups is 1. The van der Waals surface area contributed by atoms with Gasteiger partial charge in [0.1, 0.15) is 10.9 Å². The highest BCUT2D eigenvalue weighted by Gasteiger charge is 2.12. The predicted molar refractivity (Wildman–Crippen MR) is 61.6 cm³/mol. The molecule has 0 fully saturated rings. The number of nitrogens with two attached hydrogens (primary N) is 1. The van der Waals surface area contributed by atoms with Gasteiger partial charge in [0, 0.05) is 6.20 Å². The van der Waals surface area contributed by atoms with Crippen molar-refractivity contribution < 1.29 is 9.21 Å². The van der Waals surface area contributed by atoms with Gasteiger partial charge < -0.3 is 10.2 Å². The van der Waals surface area contributed by atoms with Crippen molar-refractivity contribution in [2.45, 2.75) is 6.54 Å². The number of hydrogen-bond donors (Lipinski definition) is 2. The maximum absolute atomic E-state index is 11.7. The third-order valence-electron chi connectivity index (χ3n) is 1.93. The zero-order valence-electron chi connectivity index (χ0n) is 8.68. The van der Waals surface area contributed by atoms with Crippen LogP contribution in [0.4, 0.5) is 5.95 Å². The highest BCUT2D eigenvalue weighted by molar-refractivity contribution is 6.29. The van der Waals surface area contributed by atoms with E-state index in [1.807, 2.05) is 0 Å². The zero-order valence-corrected chi connectivity index (χ0v) is 9.44. The van der Waals surface area contributed by atoms with Crippen molar-refractivity contribution in [3.05, 3.63) is 41.1 Å². The first-order valence-electron chi connectivity index (χ1n) is 4.77. The number of rotatable bonds is 3. The fourth-order valence-corrected chi connectivity index (χ4v) is 1.31. The molecule has 0 saturated heterocycles. The average Bonchev–Trinajstić information content (AvgIpc) is 2.77.